The van der Waals surface area contributed by atoms with E-state index in [4.69, 9.17) is 14.5 Å². The molecule has 1 aliphatic carbocycles. The number of aromatic nitrogens is 2. The number of benzene rings is 1. The molecule has 1 heterocycles. The Balaban J connectivity index is 2.04. The lowest BCUT2D eigenvalue weighted by molar-refractivity contribution is -0.138. The Hall–Kier alpha value is -2.25. The molecular formula is C22H31N3O4. The van der Waals surface area contributed by atoms with Crippen LogP contribution in [0.1, 0.15) is 44.5 Å². The molecule has 1 aromatic carbocycles. The third-order valence-corrected chi connectivity index (χ3v) is 5.78. The number of fused-ring (bicyclic) bond motifs is 1. The van der Waals surface area contributed by atoms with E-state index in [2.05, 4.69) is 0 Å². The highest BCUT2D eigenvalue weighted by atomic mass is 16.5. The number of para-hydroxylation sites is 1. The van der Waals surface area contributed by atoms with Crippen molar-refractivity contribution in [1.29, 1.82) is 0 Å². The molecule has 0 aliphatic heterocycles. The van der Waals surface area contributed by atoms with Crippen molar-refractivity contribution in [3.63, 3.8) is 0 Å². The fourth-order valence-corrected chi connectivity index (χ4v) is 4.13. The molecule has 3 rings (SSSR count). The number of carbonyl (C=O) groups is 1. The molecule has 0 bridgehead atoms. The summed E-state index contributed by atoms with van der Waals surface area (Å²) in [7, 11) is 3.24. The van der Waals surface area contributed by atoms with Gasteiger partial charge in [0, 0.05) is 26.7 Å². The van der Waals surface area contributed by atoms with E-state index in [1.165, 1.54) is 0 Å². The first kappa shape index (κ1) is 21.5. The molecular weight excluding hydrogens is 370 g/mol. The van der Waals surface area contributed by atoms with Crippen LogP contribution in [0.4, 0.5) is 0 Å². The predicted molar refractivity (Wildman–Crippen MR) is 112 cm³/mol. The Kier molecular flexibility index (Phi) is 7.39. The standard InChI is InChI=1S/C22H31N3O4/c1-16(24(12-14-28-2)21(26)17-8-4-5-9-17)20-23-19-11-7-6-10-18(19)22(27)25(20)13-15-29-3/h6-7,10-11,16-17H,4-5,8-9,12-15H2,1-3H3. The Morgan fingerprint density at radius 1 is 1.21 bits per heavy atom. The van der Waals surface area contributed by atoms with Crippen LogP contribution >= 0.6 is 0 Å². The molecule has 7 nitrogen and oxygen atoms in total. The molecule has 158 valence electrons. The lowest BCUT2D eigenvalue weighted by atomic mass is 10.0. The van der Waals surface area contributed by atoms with Crippen molar-refractivity contribution in [3.8, 4) is 0 Å². The lowest BCUT2D eigenvalue weighted by Crippen LogP contribution is -2.42. The first-order chi connectivity index (χ1) is 14.1. The van der Waals surface area contributed by atoms with Crippen molar-refractivity contribution in [2.24, 2.45) is 5.92 Å². The van der Waals surface area contributed by atoms with Gasteiger partial charge in [-0.15, -0.1) is 0 Å². The van der Waals surface area contributed by atoms with Gasteiger partial charge in [-0.25, -0.2) is 4.98 Å². The zero-order chi connectivity index (χ0) is 20.8. The van der Waals surface area contributed by atoms with Gasteiger partial charge in [-0.2, -0.15) is 0 Å². The maximum atomic E-state index is 13.3. The number of rotatable bonds is 9. The smallest absolute Gasteiger partial charge is 0.261 e. The normalized spacial score (nSPS) is 15.7. The summed E-state index contributed by atoms with van der Waals surface area (Å²) in [5.41, 5.74) is 0.544. The molecule has 1 aromatic heterocycles. The quantitative estimate of drug-likeness (QED) is 0.646. The minimum absolute atomic E-state index is 0.0499. The largest absolute Gasteiger partial charge is 0.383 e. The van der Waals surface area contributed by atoms with Gasteiger partial charge in [0.05, 0.1) is 36.7 Å². The molecule has 1 atom stereocenters. The molecule has 0 saturated heterocycles. The highest BCUT2D eigenvalue weighted by Crippen LogP contribution is 2.30. The third-order valence-electron chi connectivity index (χ3n) is 5.78. The van der Waals surface area contributed by atoms with E-state index < -0.39 is 0 Å². The van der Waals surface area contributed by atoms with Gasteiger partial charge >= 0.3 is 0 Å². The van der Waals surface area contributed by atoms with E-state index in [1.54, 1.807) is 24.9 Å². The van der Waals surface area contributed by atoms with Gasteiger partial charge in [-0.3, -0.25) is 14.2 Å². The maximum absolute atomic E-state index is 13.3. The van der Waals surface area contributed by atoms with Crippen molar-refractivity contribution < 1.29 is 14.3 Å². The van der Waals surface area contributed by atoms with Crippen molar-refractivity contribution in [3.05, 3.63) is 40.4 Å². The van der Waals surface area contributed by atoms with Gasteiger partial charge in [0.25, 0.3) is 5.56 Å². The summed E-state index contributed by atoms with van der Waals surface area (Å²) >= 11 is 0. The van der Waals surface area contributed by atoms with E-state index in [-0.39, 0.29) is 23.4 Å². The molecule has 1 fully saturated rings. The molecule has 1 amide bonds. The van der Waals surface area contributed by atoms with Crippen LogP contribution in [0.25, 0.3) is 10.9 Å². The third kappa shape index (κ3) is 4.67. The summed E-state index contributed by atoms with van der Waals surface area (Å²) in [6.45, 7) is 3.65. The maximum Gasteiger partial charge on any atom is 0.261 e. The molecule has 29 heavy (non-hydrogen) atoms. The zero-order valence-electron chi connectivity index (χ0n) is 17.6. The second kappa shape index (κ2) is 9.98. The number of hydrogen-bond donors (Lipinski definition) is 0. The van der Waals surface area contributed by atoms with Crippen LogP contribution < -0.4 is 5.56 Å². The summed E-state index contributed by atoms with van der Waals surface area (Å²) in [6, 6.07) is 6.99. The fourth-order valence-electron chi connectivity index (χ4n) is 4.13. The Labute approximate surface area is 171 Å². The molecule has 0 spiro atoms. The van der Waals surface area contributed by atoms with Crippen molar-refractivity contribution in [2.75, 3.05) is 34.0 Å². The molecule has 2 aromatic rings. The molecule has 0 N–H and O–H groups in total. The minimum atomic E-state index is -0.340. The van der Waals surface area contributed by atoms with Gasteiger partial charge in [0.1, 0.15) is 5.82 Å². The summed E-state index contributed by atoms with van der Waals surface area (Å²) in [4.78, 5) is 33.1. The van der Waals surface area contributed by atoms with Crippen molar-refractivity contribution in [2.45, 2.75) is 45.2 Å². The van der Waals surface area contributed by atoms with E-state index in [1.807, 2.05) is 30.0 Å². The fraction of sp³-hybridized carbons (Fsp3) is 0.591. The van der Waals surface area contributed by atoms with Crippen molar-refractivity contribution in [1.82, 2.24) is 14.5 Å². The monoisotopic (exact) mass is 401 g/mol. The lowest BCUT2D eigenvalue weighted by Gasteiger charge is -2.32. The Bertz CT molecular complexity index is 889. The number of methoxy groups -OCH3 is 2. The van der Waals surface area contributed by atoms with E-state index >= 15 is 0 Å². The molecule has 1 aliphatic rings. The minimum Gasteiger partial charge on any atom is -0.383 e. The van der Waals surface area contributed by atoms with Gasteiger partial charge in [0.2, 0.25) is 5.91 Å². The average Bonchev–Trinajstić information content (AvgIpc) is 3.28. The molecule has 7 heteroatoms. The van der Waals surface area contributed by atoms with Crippen LogP contribution in [0.2, 0.25) is 0 Å². The number of amides is 1. The Morgan fingerprint density at radius 3 is 2.59 bits per heavy atom. The number of nitrogens with zero attached hydrogens (tertiary/aromatic N) is 3. The van der Waals surface area contributed by atoms with Crippen LogP contribution in [-0.2, 0) is 20.8 Å². The summed E-state index contributed by atoms with van der Waals surface area (Å²) in [5.74, 6) is 0.773. The predicted octanol–water partition coefficient (Wildman–Crippen LogP) is 2.77. The van der Waals surface area contributed by atoms with Gasteiger partial charge in [-0.05, 0) is 31.9 Å². The van der Waals surface area contributed by atoms with Gasteiger partial charge in [0.15, 0.2) is 0 Å². The molecule has 1 saturated carbocycles. The first-order valence-corrected chi connectivity index (χ1v) is 10.4. The van der Waals surface area contributed by atoms with E-state index in [0.717, 1.165) is 25.7 Å². The second-order valence-electron chi connectivity index (χ2n) is 7.62. The van der Waals surface area contributed by atoms with Crippen LogP contribution in [0, 0.1) is 5.92 Å². The average molecular weight is 402 g/mol. The highest BCUT2D eigenvalue weighted by Gasteiger charge is 2.32. The zero-order valence-corrected chi connectivity index (χ0v) is 17.6. The van der Waals surface area contributed by atoms with Crippen LogP contribution in [0.15, 0.2) is 29.1 Å². The second-order valence-corrected chi connectivity index (χ2v) is 7.62. The highest BCUT2D eigenvalue weighted by molar-refractivity contribution is 5.80. The van der Waals surface area contributed by atoms with Gasteiger partial charge < -0.3 is 14.4 Å². The van der Waals surface area contributed by atoms with E-state index in [0.29, 0.717) is 43.0 Å². The number of ether oxygens (including phenoxy) is 2. The van der Waals surface area contributed by atoms with E-state index in [9.17, 15) is 9.59 Å². The first-order valence-electron chi connectivity index (χ1n) is 10.4. The summed E-state index contributed by atoms with van der Waals surface area (Å²) in [5, 5.41) is 0.574. The summed E-state index contributed by atoms with van der Waals surface area (Å²) < 4.78 is 12.1. The van der Waals surface area contributed by atoms with Crippen LogP contribution in [-0.4, -0.2) is 54.3 Å². The SMILES string of the molecule is COCCN(C(=O)C1CCCC1)C(C)c1nc2ccccc2c(=O)n1CCOC. The molecule has 0 radical (unpaired) electrons. The topological polar surface area (TPSA) is 73.7 Å². The Morgan fingerprint density at radius 2 is 1.90 bits per heavy atom. The van der Waals surface area contributed by atoms with Crippen LogP contribution in [0.5, 0.6) is 0 Å². The van der Waals surface area contributed by atoms with Gasteiger partial charge in [-0.1, -0.05) is 25.0 Å². The van der Waals surface area contributed by atoms with Crippen LogP contribution in [0.3, 0.4) is 0 Å². The number of carbonyl (C=O) groups excluding carboxylic acids is 1. The van der Waals surface area contributed by atoms with Crippen molar-refractivity contribution >= 4 is 16.8 Å². The summed E-state index contributed by atoms with van der Waals surface area (Å²) in [6.07, 6.45) is 4.04. The number of hydrogen-bond acceptors (Lipinski definition) is 5. The molecule has 1 unspecified atom stereocenters.